The first kappa shape index (κ1) is 13.5. The molecule has 2 N–H and O–H groups in total. The minimum absolute atomic E-state index is 0.0841. The highest BCUT2D eigenvalue weighted by Crippen LogP contribution is 2.24. The molecule has 1 aromatic rings. The van der Waals surface area contributed by atoms with Crippen LogP contribution in [0.4, 0.5) is 0 Å². The molecule has 88 valence electrons. The molecule has 0 heterocycles. The molecular weight excluding hydrogens is 251 g/mol. The summed E-state index contributed by atoms with van der Waals surface area (Å²) in [5, 5.41) is 19.4. The van der Waals surface area contributed by atoms with E-state index in [1.165, 1.54) is 19.1 Å². The molecule has 0 aliphatic carbocycles. The maximum absolute atomic E-state index is 11.2. The van der Waals surface area contributed by atoms with Gasteiger partial charge in [-0.3, -0.25) is 4.79 Å². The molecule has 0 aliphatic heterocycles. The van der Waals surface area contributed by atoms with Crippen molar-refractivity contribution in [2.75, 3.05) is 5.88 Å². The van der Waals surface area contributed by atoms with Gasteiger partial charge in [0.15, 0.2) is 5.78 Å². The molecule has 2 unspecified atom stereocenters. The van der Waals surface area contributed by atoms with Gasteiger partial charge in [0.1, 0.15) is 6.10 Å². The largest absolute Gasteiger partial charge is 0.389 e. The highest BCUT2D eigenvalue weighted by atomic mass is 35.5. The summed E-state index contributed by atoms with van der Waals surface area (Å²) in [6.07, 6.45) is -2.18. The summed E-state index contributed by atoms with van der Waals surface area (Å²) in [6, 6.07) is 4.53. The second-order valence-corrected chi connectivity index (χ2v) is 4.18. The Balaban J connectivity index is 3.07. The van der Waals surface area contributed by atoms with Gasteiger partial charge in [0.05, 0.1) is 17.0 Å². The summed E-state index contributed by atoms with van der Waals surface area (Å²) in [7, 11) is 0. The molecule has 2 atom stereocenters. The molecule has 0 bridgehead atoms. The van der Waals surface area contributed by atoms with Crippen molar-refractivity contribution in [3.8, 4) is 0 Å². The van der Waals surface area contributed by atoms with Crippen LogP contribution in [0, 0.1) is 0 Å². The molecule has 0 fully saturated rings. The van der Waals surface area contributed by atoms with Crippen LogP contribution in [0.3, 0.4) is 0 Å². The lowest BCUT2D eigenvalue weighted by Crippen LogP contribution is -2.20. The van der Waals surface area contributed by atoms with Gasteiger partial charge in [-0.15, -0.1) is 11.6 Å². The topological polar surface area (TPSA) is 57.5 Å². The third-order valence-electron chi connectivity index (χ3n) is 2.23. The number of halogens is 2. The van der Waals surface area contributed by atoms with E-state index >= 15 is 0 Å². The first-order valence-corrected chi connectivity index (χ1v) is 5.61. The molecule has 1 aromatic carbocycles. The van der Waals surface area contributed by atoms with Crippen molar-refractivity contribution in [2.24, 2.45) is 0 Å². The second-order valence-electron chi connectivity index (χ2n) is 3.46. The van der Waals surface area contributed by atoms with Crippen molar-refractivity contribution in [3.05, 3.63) is 34.3 Å². The van der Waals surface area contributed by atoms with E-state index in [1.807, 2.05) is 0 Å². The van der Waals surface area contributed by atoms with Crippen LogP contribution >= 0.6 is 23.2 Å². The molecule has 0 radical (unpaired) electrons. The number of rotatable bonds is 4. The monoisotopic (exact) mass is 262 g/mol. The Labute approximate surface area is 104 Å². The van der Waals surface area contributed by atoms with Crippen molar-refractivity contribution >= 4 is 29.0 Å². The molecule has 0 spiro atoms. The summed E-state index contributed by atoms with van der Waals surface area (Å²) in [5.41, 5.74) is 0.739. The van der Waals surface area contributed by atoms with Crippen LogP contribution in [0.2, 0.25) is 5.02 Å². The third-order valence-corrected chi connectivity index (χ3v) is 2.88. The van der Waals surface area contributed by atoms with Gasteiger partial charge in [-0.25, -0.2) is 0 Å². The zero-order valence-electron chi connectivity index (χ0n) is 8.65. The number of benzene rings is 1. The van der Waals surface area contributed by atoms with E-state index < -0.39 is 12.2 Å². The molecule has 1 rings (SSSR count). The highest BCUT2D eigenvalue weighted by molar-refractivity contribution is 6.33. The molecule has 0 aliphatic rings. The van der Waals surface area contributed by atoms with Crippen LogP contribution in [0.15, 0.2) is 18.2 Å². The normalized spacial score (nSPS) is 14.6. The molecule has 0 amide bonds. The number of aliphatic hydroxyl groups is 2. The molecule has 5 heteroatoms. The van der Waals surface area contributed by atoms with Crippen molar-refractivity contribution < 1.29 is 15.0 Å². The van der Waals surface area contributed by atoms with Gasteiger partial charge < -0.3 is 10.2 Å². The van der Waals surface area contributed by atoms with Crippen molar-refractivity contribution in [2.45, 2.75) is 19.1 Å². The predicted octanol–water partition coefficient (Wildman–Crippen LogP) is 2.18. The molecular formula is C11H12Cl2O3. The van der Waals surface area contributed by atoms with E-state index in [0.29, 0.717) is 16.1 Å². The van der Waals surface area contributed by atoms with Crippen LogP contribution in [0.5, 0.6) is 0 Å². The molecule has 3 nitrogen and oxygen atoms in total. The predicted molar refractivity (Wildman–Crippen MR) is 63.1 cm³/mol. The summed E-state index contributed by atoms with van der Waals surface area (Å²) < 4.78 is 0. The fourth-order valence-electron chi connectivity index (χ4n) is 1.30. The van der Waals surface area contributed by atoms with Gasteiger partial charge in [-0.2, -0.15) is 0 Å². The second kappa shape index (κ2) is 5.64. The van der Waals surface area contributed by atoms with Crippen LogP contribution in [-0.2, 0) is 0 Å². The Hall–Kier alpha value is -0.610. The Kier molecular flexibility index (Phi) is 4.74. The number of hydrogen-bond acceptors (Lipinski definition) is 3. The lowest BCUT2D eigenvalue weighted by atomic mass is 10.0. The fourth-order valence-corrected chi connectivity index (χ4v) is 1.72. The van der Waals surface area contributed by atoms with Gasteiger partial charge in [0.25, 0.3) is 0 Å². The first-order valence-electron chi connectivity index (χ1n) is 4.70. The molecule has 0 aromatic heterocycles. The fraction of sp³-hybridized carbons (Fsp3) is 0.364. The van der Waals surface area contributed by atoms with Gasteiger partial charge in [0, 0.05) is 5.56 Å². The van der Waals surface area contributed by atoms with E-state index in [9.17, 15) is 15.0 Å². The van der Waals surface area contributed by atoms with Crippen molar-refractivity contribution in [1.29, 1.82) is 0 Å². The zero-order valence-corrected chi connectivity index (χ0v) is 10.2. The maximum atomic E-state index is 11.2. The Morgan fingerprint density at radius 1 is 1.44 bits per heavy atom. The van der Waals surface area contributed by atoms with Gasteiger partial charge >= 0.3 is 0 Å². The minimum Gasteiger partial charge on any atom is -0.389 e. The average Bonchev–Trinajstić information content (AvgIpc) is 2.27. The minimum atomic E-state index is -1.12. The zero-order chi connectivity index (χ0) is 12.3. The Bertz CT molecular complexity index is 393. The smallest absolute Gasteiger partial charge is 0.161 e. The summed E-state index contributed by atoms with van der Waals surface area (Å²) in [6.45, 7) is 1.38. The lowest BCUT2D eigenvalue weighted by Gasteiger charge is -2.16. The molecule has 0 saturated heterocycles. The highest BCUT2D eigenvalue weighted by Gasteiger charge is 2.19. The molecule has 16 heavy (non-hydrogen) atoms. The van der Waals surface area contributed by atoms with Crippen LogP contribution in [-0.4, -0.2) is 28.0 Å². The quantitative estimate of drug-likeness (QED) is 0.646. The van der Waals surface area contributed by atoms with E-state index in [1.54, 1.807) is 6.07 Å². The van der Waals surface area contributed by atoms with Crippen LogP contribution in [0.25, 0.3) is 0 Å². The third kappa shape index (κ3) is 2.95. The number of hydrogen-bond donors (Lipinski definition) is 2. The summed E-state index contributed by atoms with van der Waals surface area (Å²) >= 11 is 11.2. The number of Topliss-reactive ketones (excluding diaryl/α,β-unsaturated/α-hetero) is 1. The van der Waals surface area contributed by atoms with Crippen molar-refractivity contribution in [1.82, 2.24) is 0 Å². The number of carbonyl (C=O) groups excluding carboxylic acids is 1. The van der Waals surface area contributed by atoms with E-state index in [0.717, 1.165) is 0 Å². The SMILES string of the molecule is CC(=O)c1cc(C(O)C(O)CCl)ccc1Cl. The van der Waals surface area contributed by atoms with Crippen molar-refractivity contribution in [3.63, 3.8) is 0 Å². The number of carbonyl (C=O) groups is 1. The van der Waals surface area contributed by atoms with E-state index in [-0.39, 0.29) is 11.7 Å². The van der Waals surface area contributed by atoms with E-state index in [4.69, 9.17) is 23.2 Å². The first-order chi connectivity index (χ1) is 7.47. The average molecular weight is 263 g/mol. The lowest BCUT2D eigenvalue weighted by molar-refractivity contribution is 0.0327. The van der Waals surface area contributed by atoms with Crippen LogP contribution < -0.4 is 0 Å². The maximum Gasteiger partial charge on any atom is 0.161 e. The molecule has 0 saturated carbocycles. The van der Waals surface area contributed by atoms with Gasteiger partial charge in [-0.1, -0.05) is 17.7 Å². The number of ketones is 1. The summed E-state index contributed by atoms with van der Waals surface area (Å²) in [5.74, 6) is -0.279. The Morgan fingerprint density at radius 3 is 2.56 bits per heavy atom. The van der Waals surface area contributed by atoms with Gasteiger partial charge in [-0.05, 0) is 24.6 Å². The number of aliphatic hydroxyl groups excluding tert-OH is 2. The van der Waals surface area contributed by atoms with Crippen LogP contribution in [0.1, 0.15) is 28.9 Å². The standard InChI is InChI=1S/C11H12Cl2O3/c1-6(14)8-4-7(2-3-9(8)13)11(16)10(15)5-12/h2-4,10-11,15-16H,5H2,1H3. The Morgan fingerprint density at radius 2 is 2.06 bits per heavy atom. The summed E-state index contributed by atoms with van der Waals surface area (Å²) in [4.78, 5) is 11.2. The van der Waals surface area contributed by atoms with Gasteiger partial charge in [0.2, 0.25) is 0 Å². The number of alkyl halides is 1. The van der Waals surface area contributed by atoms with E-state index in [2.05, 4.69) is 0 Å².